The number of carbonyl (C=O) groups is 2. The van der Waals surface area contributed by atoms with Crippen LogP contribution in [0.5, 0.6) is 0 Å². The Bertz CT molecular complexity index is 1010. The molecule has 2 aromatic rings. The summed E-state index contributed by atoms with van der Waals surface area (Å²) < 4.78 is 13.2. The third kappa shape index (κ3) is 4.81. The van der Waals surface area contributed by atoms with Gasteiger partial charge in [0.1, 0.15) is 5.82 Å². The molecular formula is C27H32FN3O2. The molecule has 0 spiro atoms. The van der Waals surface area contributed by atoms with Gasteiger partial charge in [0.25, 0.3) is 11.8 Å². The Balaban J connectivity index is 1.20. The third-order valence-electron chi connectivity index (χ3n) is 7.54. The number of nitrogens with zero attached hydrogens (tertiary/aromatic N) is 3. The second-order valence-electron chi connectivity index (χ2n) is 9.59. The minimum absolute atomic E-state index is 0.0864. The van der Waals surface area contributed by atoms with Crippen LogP contribution < -0.4 is 0 Å². The maximum atomic E-state index is 13.2. The highest BCUT2D eigenvalue weighted by Crippen LogP contribution is 2.25. The van der Waals surface area contributed by atoms with Crippen LogP contribution >= 0.6 is 0 Å². The van der Waals surface area contributed by atoms with E-state index in [1.807, 2.05) is 23.1 Å². The summed E-state index contributed by atoms with van der Waals surface area (Å²) >= 11 is 0. The number of hydrogen-bond donors (Lipinski definition) is 0. The van der Waals surface area contributed by atoms with Crippen LogP contribution in [-0.4, -0.2) is 65.3 Å². The van der Waals surface area contributed by atoms with Gasteiger partial charge in [-0.1, -0.05) is 25.3 Å². The van der Waals surface area contributed by atoms with E-state index in [1.165, 1.54) is 56.4 Å². The van der Waals surface area contributed by atoms with Gasteiger partial charge in [0, 0.05) is 56.4 Å². The standard InChI is InChI=1S/C27H32FN3O2/c28-24-10-8-20(9-11-24)26(32)31-13-12-21-18-22(6-7-23(21)19-31)27(33)30-16-14-29(15-17-30)25-4-2-1-3-5-25/h6-11,18,25H,1-5,12-17,19H2. The number of carbonyl (C=O) groups excluding carboxylic acids is 2. The highest BCUT2D eigenvalue weighted by Gasteiger charge is 2.28. The van der Waals surface area contributed by atoms with Crippen molar-refractivity contribution in [1.29, 1.82) is 0 Å². The minimum atomic E-state index is -0.344. The Labute approximate surface area is 195 Å². The average molecular weight is 450 g/mol. The smallest absolute Gasteiger partial charge is 0.254 e. The van der Waals surface area contributed by atoms with E-state index < -0.39 is 0 Å². The van der Waals surface area contributed by atoms with Crippen molar-refractivity contribution in [2.24, 2.45) is 0 Å². The van der Waals surface area contributed by atoms with Crippen molar-refractivity contribution in [2.45, 2.75) is 51.1 Å². The molecule has 33 heavy (non-hydrogen) atoms. The maximum Gasteiger partial charge on any atom is 0.254 e. The number of hydrogen-bond acceptors (Lipinski definition) is 3. The van der Waals surface area contributed by atoms with E-state index in [0.29, 0.717) is 24.7 Å². The fourth-order valence-electron chi connectivity index (χ4n) is 5.55. The Morgan fingerprint density at radius 3 is 2.12 bits per heavy atom. The Morgan fingerprint density at radius 2 is 1.39 bits per heavy atom. The summed E-state index contributed by atoms with van der Waals surface area (Å²) in [6, 6.07) is 12.3. The fraction of sp³-hybridized carbons (Fsp3) is 0.481. The zero-order chi connectivity index (χ0) is 22.8. The fourth-order valence-corrected chi connectivity index (χ4v) is 5.55. The number of amides is 2. The Kier molecular flexibility index (Phi) is 6.45. The summed E-state index contributed by atoms with van der Waals surface area (Å²) in [7, 11) is 0. The number of benzene rings is 2. The van der Waals surface area contributed by atoms with Gasteiger partial charge in [0.15, 0.2) is 0 Å². The predicted molar refractivity (Wildman–Crippen MR) is 126 cm³/mol. The van der Waals surface area contributed by atoms with Gasteiger partial charge in [-0.15, -0.1) is 0 Å². The molecule has 2 aromatic carbocycles. The molecule has 2 heterocycles. The molecule has 0 aromatic heterocycles. The zero-order valence-corrected chi connectivity index (χ0v) is 19.1. The molecule has 1 saturated heterocycles. The van der Waals surface area contributed by atoms with Gasteiger partial charge in [-0.2, -0.15) is 0 Å². The highest BCUT2D eigenvalue weighted by molar-refractivity contribution is 5.95. The highest BCUT2D eigenvalue weighted by atomic mass is 19.1. The van der Waals surface area contributed by atoms with Gasteiger partial charge in [0.05, 0.1) is 0 Å². The first kappa shape index (κ1) is 22.1. The second-order valence-corrected chi connectivity index (χ2v) is 9.59. The van der Waals surface area contributed by atoms with Crippen molar-refractivity contribution >= 4 is 11.8 Å². The molecule has 2 amide bonds. The van der Waals surface area contributed by atoms with E-state index in [1.54, 1.807) is 4.90 Å². The molecule has 1 saturated carbocycles. The van der Waals surface area contributed by atoms with Crippen molar-refractivity contribution in [3.63, 3.8) is 0 Å². The van der Waals surface area contributed by atoms with E-state index in [-0.39, 0.29) is 17.6 Å². The molecule has 0 unspecified atom stereocenters. The maximum absolute atomic E-state index is 13.2. The van der Waals surface area contributed by atoms with Crippen molar-refractivity contribution in [3.05, 3.63) is 70.5 Å². The van der Waals surface area contributed by atoms with Gasteiger partial charge >= 0.3 is 0 Å². The summed E-state index contributed by atoms with van der Waals surface area (Å²) in [6.45, 7) is 4.66. The number of halogens is 1. The largest absolute Gasteiger partial charge is 0.336 e. The molecule has 1 aliphatic carbocycles. The molecule has 6 heteroatoms. The van der Waals surface area contributed by atoms with E-state index in [4.69, 9.17) is 0 Å². The van der Waals surface area contributed by atoms with Crippen molar-refractivity contribution in [1.82, 2.24) is 14.7 Å². The van der Waals surface area contributed by atoms with E-state index in [0.717, 1.165) is 49.3 Å². The molecule has 0 bridgehead atoms. The van der Waals surface area contributed by atoms with Gasteiger partial charge in [-0.25, -0.2) is 4.39 Å². The normalized spacial score (nSPS) is 19.9. The minimum Gasteiger partial charge on any atom is -0.336 e. The van der Waals surface area contributed by atoms with E-state index in [9.17, 15) is 14.0 Å². The molecule has 2 fully saturated rings. The molecular weight excluding hydrogens is 417 g/mol. The molecule has 0 N–H and O–H groups in total. The molecule has 0 radical (unpaired) electrons. The summed E-state index contributed by atoms with van der Waals surface area (Å²) in [5, 5.41) is 0. The summed E-state index contributed by atoms with van der Waals surface area (Å²) in [6.07, 6.45) is 7.38. The molecule has 5 nitrogen and oxygen atoms in total. The van der Waals surface area contributed by atoms with E-state index >= 15 is 0 Å². The Hall–Kier alpha value is -2.73. The molecule has 0 atom stereocenters. The van der Waals surface area contributed by atoms with Crippen molar-refractivity contribution in [3.8, 4) is 0 Å². The quantitative estimate of drug-likeness (QED) is 0.708. The molecule has 3 aliphatic rings. The second kappa shape index (κ2) is 9.64. The van der Waals surface area contributed by atoms with Crippen molar-refractivity contribution in [2.75, 3.05) is 32.7 Å². The molecule has 174 valence electrons. The Morgan fingerprint density at radius 1 is 0.727 bits per heavy atom. The zero-order valence-electron chi connectivity index (χ0n) is 19.1. The topological polar surface area (TPSA) is 43.9 Å². The predicted octanol–water partition coefficient (Wildman–Crippen LogP) is 4.11. The molecule has 2 aliphatic heterocycles. The monoisotopic (exact) mass is 449 g/mol. The van der Waals surface area contributed by atoms with Gasteiger partial charge < -0.3 is 9.80 Å². The lowest BCUT2D eigenvalue weighted by Gasteiger charge is -2.40. The lowest BCUT2D eigenvalue weighted by atomic mass is 9.93. The van der Waals surface area contributed by atoms with Gasteiger partial charge in [-0.3, -0.25) is 14.5 Å². The average Bonchev–Trinajstić information content (AvgIpc) is 2.88. The van der Waals surface area contributed by atoms with Gasteiger partial charge in [-0.05, 0) is 66.8 Å². The SMILES string of the molecule is O=C(c1ccc2c(c1)CCN(C(=O)c1ccc(F)cc1)C2)N1CCN(C2CCCCC2)CC1. The first-order valence-electron chi connectivity index (χ1n) is 12.3. The number of fused-ring (bicyclic) bond motifs is 1. The third-order valence-corrected chi connectivity index (χ3v) is 7.54. The van der Waals surface area contributed by atoms with Gasteiger partial charge in [0.2, 0.25) is 0 Å². The van der Waals surface area contributed by atoms with Crippen LogP contribution in [0.1, 0.15) is 63.9 Å². The number of rotatable bonds is 3. The van der Waals surface area contributed by atoms with Crippen LogP contribution in [0.4, 0.5) is 4.39 Å². The number of piperazine rings is 1. The summed E-state index contributed by atoms with van der Waals surface area (Å²) in [5.74, 6) is -0.314. The first-order valence-corrected chi connectivity index (χ1v) is 12.3. The van der Waals surface area contributed by atoms with Crippen molar-refractivity contribution < 1.29 is 14.0 Å². The summed E-state index contributed by atoms with van der Waals surface area (Å²) in [4.78, 5) is 32.3. The van der Waals surface area contributed by atoms with Crippen LogP contribution in [0.15, 0.2) is 42.5 Å². The molecule has 5 rings (SSSR count). The van der Waals surface area contributed by atoms with Crippen LogP contribution in [0.25, 0.3) is 0 Å². The van der Waals surface area contributed by atoms with Crippen LogP contribution in [-0.2, 0) is 13.0 Å². The summed E-state index contributed by atoms with van der Waals surface area (Å²) in [5.41, 5.74) is 3.47. The lowest BCUT2D eigenvalue weighted by Crippen LogP contribution is -2.52. The first-order chi connectivity index (χ1) is 16.1. The van der Waals surface area contributed by atoms with Crippen LogP contribution in [0, 0.1) is 5.82 Å². The van der Waals surface area contributed by atoms with Crippen LogP contribution in [0.2, 0.25) is 0 Å². The van der Waals surface area contributed by atoms with E-state index in [2.05, 4.69) is 4.90 Å². The van der Waals surface area contributed by atoms with Crippen LogP contribution in [0.3, 0.4) is 0 Å². The lowest BCUT2D eigenvalue weighted by molar-refractivity contribution is 0.0522.